The smallest absolute Gasteiger partial charge is 0.166 e. The SMILES string of the molecule is CC[C@@]1(C)O[C@@](C)(n2nc(C)c3c(C)nc(C)nc32)C(C)(C)C1(C)C. The first-order chi connectivity index (χ1) is 11.3. The summed E-state index contributed by atoms with van der Waals surface area (Å²) in [5, 5.41) is 5.93. The van der Waals surface area contributed by atoms with E-state index in [9.17, 15) is 0 Å². The maximum absolute atomic E-state index is 6.84. The van der Waals surface area contributed by atoms with Gasteiger partial charge in [-0.1, -0.05) is 34.6 Å². The zero-order valence-electron chi connectivity index (χ0n) is 17.4. The highest BCUT2D eigenvalue weighted by Gasteiger charge is 2.68. The number of fused-ring (bicyclic) bond motifs is 1. The summed E-state index contributed by atoms with van der Waals surface area (Å²) in [4.78, 5) is 9.27. The van der Waals surface area contributed by atoms with Gasteiger partial charge in [0, 0.05) is 10.8 Å². The number of ether oxygens (including phenoxy) is 1. The van der Waals surface area contributed by atoms with E-state index in [4.69, 9.17) is 14.8 Å². The van der Waals surface area contributed by atoms with Crippen molar-refractivity contribution in [1.82, 2.24) is 19.7 Å². The molecule has 1 aliphatic heterocycles. The lowest BCUT2D eigenvalue weighted by Gasteiger charge is -2.45. The average molecular weight is 345 g/mol. The van der Waals surface area contributed by atoms with E-state index in [2.05, 4.69) is 53.5 Å². The minimum atomic E-state index is -0.596. The van der Waals surface area contributed by atoms with Crippen LogP contribution >= 0.6 is 0 Å². The quantitative estimate of drug-likeness (QED) is 0.794. The van der Waals surface area contributed by atoms with E-state index < -0.39 is 5.72 Å². The van der Waals surface area contributed by atoms with E-state index in [1.54, 1.807) is 0 Å². The molecule has 0 radical (unpaired) electrons. The maximum Gasteiger partial charge on any atom is 0.166 e. The Kier molecular flexibility index (Phi) is 3.68. The van der Waals surface area contributed by atoms with Gasteiger partial charge < -0.3 is 4.74 Å². The van der Waals surface area contributed by atoms with Crippen LogP contribution in [0.15, 0.2) is 0 Å². The summed E-state index contributed by atoms with van der Waals surface area (Å²) in [5.41, 5.74) is 1.78. The van der Waals surface area contributed by atoms with E-state index in [1.807, 2.05) is 25.5 Å². The van der Waals surface area contributed by atoms with Crippen LogP contribution in [0.1, 0.15) is 72.1 Å². The van der Waals surface area contributed by atoms with Crippen molar-refractivity contribution in [2.45, 2.75) is 87.0 Å². The van der Waals surface area contributed by atoms with Gasteiger partial charge in [0.15, 0.2) is 11.4 Å². The molecule has 0 saturated carbocycles. The highest BCUT2D eigenvalue weighted by Crippen LogP contribution is 2.65. The predicted molar refractivity (Wildman–Crippen MR) is 101 cm³/mol. The molecule has 0 aliphatic carbocycles. The van der Waals surface area contributed by atoms with Gasteiger partial charge in [-0.15, -0.1) is 0 Å². The topological polar surface area (TPSA) is 52.8 Å². The fraction of sp³-hybridized carbons (Fsp3) is 0.750. The molecule has 5 nitrogen and oxygen atoms in total. The van der Waals surface area contributed by atoms with Gasteiger partial charge in [-0.25, -0.2) is 14.6 Å². The monoisotopic (exact) mass is 344 g/mol. The average Bonchev–Trinajstić information content (AvgIpc) is 2.87. The van der Waals surface area contributed by atoms with Crippen molar-refractivity contribution in [2.75, 3.05) is 0 Å². The van der Waals surface area contributed by atoms with Gasteiger partial charge in [-0.2, -0.15) is 5.10 Å². The second-order valence-corrected chi connectivity index (χ2v) is 8.97. The lowest BCUT2D eigenvalue weighted by Crippen LogP contribution is -2.48. The van der Waals surface area contributed by atoms with Crippen molar-refractivity contribution < 1.29 is 4.74 Å². The molecule has 2 atom stereocenters. The van der Waals surface area contributed by atoms with Crippen LogP contribution in [0.5, 0.6) is 0 Å². The molecule has 138 valence electrons. The molecule has 0 N–H and O–H groups in total. The largest absolute Gasteiger partial charge is 0.347 e. The highest BCUT2D eigenvalue weighted by atomic mass is 16.6. The second-order valence-electron chi connectivity index (χ2n) is 8.97. The first kappa shape index (κ1) is 18.3. The number of hydrogen-bond acceptors (Lipinski definition) is 4. The molecular weight excluding hydrogens is 312 g/mol. The van der Waals surface area contributed by atoms with E-state index in [1.165, 1.54) is 0 Å². The van der Waals surface area contributed by atoms with E-state index in [0.29, 0.717) is 0 Å². The molecule has 0 bridgehead atoms. The molecule has 1 aliphatic rings. The third-order valence-electron chi connectivity index (χ3n) is 7.54. The summed E-state index contributed by atoms with van der Waals surface area (Å²) in [7, 11) is 0. The Bertz CT molecular complexity index is 851. The zero-order chi connectivity index (χ0) is 19.0. The zero-order valence-corrected chi connectivity index (χ0v) is 17.4. The number of aryl methyl sites for hydroxylation is 3. The highest BCUT2D eigenvalue weighted by molar-refractivity contribution is 5.80. The molecule has 3 heterocycles. The van der Waals surface area contributed by atoms with E-state index in [-0.39, 0.29) is 16.4 Å². The number of hydrogen-bond donors (Lipinski definition) is 0. The van der Waals surface area contributed by atoms with Crippen LogP contribution in [0.3, 0.4) is 0 Å². The molecule has 3 rings (SSSR count). The van der Waals surface area contributed by atoms with Gasteiger partial charge in [0.2, 0.25) is 0 Å². The standard InChI is InChI=1S/C20H32N4O/c1-11-19(9)17(5,6)18(7,8)20(10,25-19)24-16-15(13(3)23-24)12(2)21-14(4)22-16/h11H2,1-10H3/t19-,20-/m1/s1. The van der Waals surface area contributed by atoms with Crippen LogP contribution < -0.4 is 0 Å². The van der Waals surface area contributed by atoms with Crippen molar-refractivity contribution in [3.63, 3.8) is 0 Å². The lowest BCUT2D eigenvalue weighted by atomic mass is 9.58. The molecule has 2 aromatic rings. The Morgan fingerprint density at radius 2 is 1.48 bits per heavy atom. The fourth-order valence-electron chi connectivity index (χ4n) is 4.57. The number of rotatable bonds is 2. The van der Waals surface area contributed by atoms with Gasteiger partial charge in [0.1, 0.15) is 5.82 Å². The number of nitrogens with zero attached hydrogens (tertiary/aromatic N) is 4. The summed E-state index contributed by atoms with van der Waals surface area (Å²) in [5.74, 6) is 0.767. The van der Waals surface area contributed by atoms with Crippen molar-refractivity contribution in [1.29, 1.82) is 0 Å². The van der Waals surface area contributed by atoms with Crippen LogP contribution in [0.2, 0.25) is 0 Å². The van der Waals surface area contributed by atoms with Crippen LogP contribution in [0.25, 0.3) is 11.0 Å². The van der Waals surface area contributed by atoms with Crippen molar-refractivity contribution in [3.05, 3.63) is 17.2 Å². The Hall–Kier alpha value is -1.49. The van der Waals surface area contributed by atoms with Crippen LogP contribution in [0, 0.1) is 31.6 Å². The normalized spacial score (nSPS) is 31.0. The summed E-state index contributed by atoms with van der Waals surface area (Å²) in [6.07, 6.45) is 0.949. The van der Waals surface area contributed by atoms with Gasteiger partial charge in [-0.3, -0.25) is 0 Å². The lowest BCUT2D eigenvalue weighted by molar-refractivity contribution is -0.166. The summed E-state index contributed by atoms with van der Waals surface area (Å²) >= 11 is 0. The van der Waals surface area contributed by atoms with Crippen molar-refractivity contribution >= 4 is 11.0 Å². The minimum Gasteiger partial charge on any atom is -0.347 e. The Morgan fingerprint density at radius 3 is 2.00 bits per heavy atom. The first-order valence-electron chi connectivity index (χ1n) is 9.23. The van der Waals surface area contributed by atoms with Crippen molar-refractivity contribution in [2.24, 2.45) is 10.8 Å². The molecule has 0 spiro atoms. The van der Waals surface area contributed by atoms with Gasteiger partial charge in [-0.05, 0) is 41.0 Å². The minimum absolute atomic E-state index is 0.0349. The fourth-order valence-corrected chi connectivity index (χ4v) is 4.57. The Labute approximate surface area is 151 Å². The van der Waals surface area contributed by atoms with Crippen LogP contribution in [-0.4, -0.2) is 25.3 Å². The summed E-state index contributed by atoms with van der Waals surface area (Å²) in [6, 6.07) is 0. The predicted octanol–water partition coefficient (Wildman–Crippen LogP) is 4.68. The van der Waals surface area contributed by atoms with Crippen molar-refractivity contribution in [3.8, 4) is 0 Å². The summed E-state index contributed by atoms with van der Waals surface area (Å²) in [6.45, 7) is 21.8. The Morgan fingerprint density at radius 1 is 0.880 bits per heavy atom. The number of aromatic nitrogens is 4. The van der Waals surface area contributed by atoms with Gasteiger partial charge >= 0.3 is 0 Å². The van der Waals surface area contributed by atoms with E-state index in [0.717, 1.165) is 34.7 Å². The van der Waals surface area contributed by atoms with Crippen LogP contribution in [0.4, 0.5) is 0 Å². The van der Waals surface area contributed by atoms with Gasteiger partial charge in [0.05, 0.1) is 22.4 Å². The van der Waals surface area contributed by atoms with Crippen LogP contribution in [-0.2, 0) is 10.5 Å². The molecule has 5 heteroatoms. The maximum atomic E-state index is 6.84. The molecule has 0 amide bonds. The van der Waals surface area contributed by atoms with E-state index >= 15 is 0 Å². The molecule has 1 fully saturated rings. The molecule has 0 unspecified atom stereocenters. The summed E-state index contributed by atoms with van der Waals surface area (Å²) < 4.78 is 8.86. The first-order valence-corrected chi connectivity index (χ1v) is 9.23. The Balaban J connectivity index is 2.35. The molecular formula is C20H32N4O. The van der Waals surface area contributed by atoms with Gasteiger partial charge in [0.25, 0.3) is 0 Å². The second kappa shape index (κ2) is 5.03. The molecule has 0 aromatic carbocycles. The molecule has 25 heavy (non-hydrogen) atoms. The third kappa shape index (κ3) is 2.02. The molecule has 2 aromatic heterocycles. The molecule has 1 saturated heterocycles. The third-order valence-corrected chi connectivity index (χ3v) is 7.54.